The van der Waals surface area contributed by atoms with Gasteiger partial charge in [0.05, 0.1) is 17.2 Å². The third-order valence-corrected chi connectivity index (χ3v) is 3.40. The fourth-order valence-corrected chi connectivity index (χ4v) is 2.20. The number of amides is 1. The molecule has 0 aliphatic rings. The second-order valence-electron chi connectivity index (χ2n) is 5.36. The predicted molar refractivity (Wildman–Crippen MR) is 85.8 cm³/mol. The van der Waals surface area contributed by atoms with E-state index in [0.29, 0.717) is 5.76 Å². The number of nitrogens with one attached hydrogen (secondary N) is 1. The molecule has 3 rings (SSSR count). The number of hydrogen-bond donors (Lipinski definition) is 1. The summed E-state index contributed by atoms with van der Waals surface area (Å²) in [4.78, 5) is 22.2. The van der Waals surface area contributed by atoms with Crippen molar-refractivity contribution in [3.05, 3.63) is 75.7 Å². The maximum Gasteiger partial charge on any atom is 0.307 e. The summed E-state index contributed by atoms with van der Waals surface area (Å²) in [5.74, 6) is -0.762. The van der Waals surface area contributed by atoms with Gasteiger partial charge < -0.3 is 9.73 Å². The van der Waals surface area contributed by atoms with Crippen molar-refractivity contribution in [1.82, 2.24) is 9.78 Å². The first-order valence-electron chi connectivity index (χ1n) is 7.25. The van der Waals surface area contributed by atoms with E-state index in [1.165, 1.54) is 29.1 Å². The van der Waals surface area contributed by atoms with Gasteiger partial charge in [-0.1, -0.05) is 6.07 Å². The summed E-state index contributed by atoms with van der Waals surface area (Å²) < 4.78 is 20.4. The lowest BCUT2D eigenvalue weighted by Gasteiger charge is -2.05. The number of rotatable bonds is 5. The van der Waals surface area contributed by atoms with E-state index in [-0.39, 0.29) is 23.7 Å². The van der Waals surface area contributed by atoms with Gasteiger partial charge in [0.15, 0.2) is 5.76 Å². The Morgan fingerprint density at radius 1 is 1.40 bits per heavy atom. The highest BCUT2D eigenvalue weighted by molar-refractivity contribution is 6.02. The van der Waals surface area contributed by atoms with E-state index >= 15 is 0 Å². The molecule has 25 heavy (non-hydrogen) atoms. The van der Waals surface area contributed by atoms with Gasteiger partial charge in [0.2, 0.25) is 0 Å². The van der Waals surface area contributed by atoms with E-state index in [1.807, 2.05) is 0 Å². The molecule has 0 unspecified atom stereocenters. The number of aromatic nitrogens is 2. The van der Waals surface area contributed by atoms with Crippen LogP contribution < -0.4 is 5.32 Å². The van der Waals surface area contributed by atoms with Gasteiger partial charge >= 0.3 is 5.69 Å². The number of halogens is 1. The van der Waals surface area contributed by atoms with Gasteiger partial charge in [-0.2, -0.15) is 5.10 Å². The Labute approximate surface area is 141 Å². The number of aryl methyl sites for hydroxylation is 1. The molecule has 1 amide bonds. The number of anilines is 1. The number of hydrogen-bond acceptors (Lipinski definition) is 5. The van der Waals surface area contributed by atoms with Crippen LogP contribution in [0, 0.1) is 22.9 Å². The molecule has 128 valence electrons. The van der Waals surface area contributed by atoms with Crippen molar-refractivity contribution in [3.63, 3.8) is 0 Å². The Hall–Kier alpha value is -3.49. The first-order valence-corrected chi connectivity index (χ1v) is 7.25. The lowest BCUT2D eigenvalue weighted by Crippen LogP contribution is -2.12. The minimum atomic E-state index is -0.595. The van der Waals surface area contributed by atoms with Crippen LogP contribution in [0.5, 0.6) is 0 Å². The van der Waals surface area contributed by atoms with Crippen molar-refractivity contribution in [2.24, 2.45) is 0 Å². The van der Waals surface area contributed by atoms with E-state index in [0.717, 1.165) is 11.8 Å². The zero-order chi connectivity index (χ0) is 18.0. The summed E-state index contributed by atoms with van der Waals surface area (Å²) in [5.41, 5.74) is 0.724. The van der Waals surface area contributed by atoms with Crippen molar-refractivity contribution in [3.8, 4) is 0 Å². The van der Waals surface area contributed by atoms with Crippen molar-refractivity contribution in [2.45, 2.75) is 13.5 Å². The summed E-state index contributed by atoms with van der Waals surface area (Å²) in [6.07, 6.45) is 2.38. The molecule has 0 aliphatic heterocycles. The minimum Gasteiger partial charge on any atom is -0.454 e. The van der Waals surface area contributed by atoms with Gasteiger partial charge in [-0.25, -0.2) is 4.39 Å². The van der Waals surface area contributed by atoms with Gasteiger partial charge in [-0.3, -0.25) is 19.6 Å². The van der Waals surface area contributed by atoms with Crippen LogP contribution in [0.15, 0.2) is 47.1 Å². The highest BCUT2D eigenvalue weighted by Crippen LogP contribution is 2.18. The van der Waals surface area contributed by atoms with E-state index < -0.39 is 16.6 Å². The maximum absolute atomic E-state index is 13.7. The molecule has 1 N–H and O–H groups in total. The molecule has 0 aliphatic carbocycles. The second-order valence-corrected chi connectivity index (χ2v) is 5.36. The third kappa shape index (κ3) is 3.71. The smallest absolute Gasteiger partial charge is 0.307 e. The van der Waals surface area contributed by atoms with Gasteiger partial charge in [-0.15, -0.1) is 0 Å². The predicted octanol–water partition coefficient (Wildman–Crippen LogP) is 3.13. The molecule has 0 spiro atoms. The standard InChI is InChI=1S/C16H13FN4O4/c1-10-2-4-13(17)14(6-10)19-16(22)15-5-3-12(25-15)9-20-8-11(7-18-20)21(23)24/h2-8H,9H2,1H3,(H,19,22). The van der Waals surface area contributed by atoms with Crippen molar-refractivity contribution < 1.29 is 18.5 Å². The van der Waals surface area contributed by atoms with Crippen LogP contribution >= 0.6 is 0 Å². The van der Waals surface area contributed by atoms with Crippen LogP contribution in [0.4, 0.5) is 15.8 Å². The zero-order valence-corrected chi connectivity index (χ0v) is 13.1. The summed E-state index contributed by atoms with van der Waals surface area (Å²) in [6.45, 7) is 1.91. The van der Waals surface area contributed by atoms with Crippen molar-refractivity contribution >= 4 is 17.3 Å². The van der Waals surface area contributed by atoms with Gasteiger partial charge in [-0.05, 0) is 36.8 Å². The normalized spacial score (nSPS) is 10.6. The first kappa shape index (κ1) is 16.4. The minimum absolute atomic E-state index is 0.00226. The van der Waals surface area contributed by atoms with Crippen molar-refractivity contribution in [2.75, 3.05) is 5.32 Å². The Morgan fingerprint density at radius 2 is 2.20 bits per heavy atom. The molecule has 2 heterocycles. The van der Waals surface area contributed by atoms with Crippen LogP contribution in [0.2, 0.25) is 0 Å². The number of nitro groups is 1. The number of carbonyl (C=O) groups excluding carboxylic acids is 1. The molecule has 0 atom stereocenters. The van der Waals surface area contributed by atoms with E-state index in [2.05, 4.69) is 10.4 Å². The largest absolute Gasteiger partial charge is 0.454 e. The summed E-state index contributed by atoms with van der Waals surface area (Å²) in [7, 11) is 0. The number of benzene rings is 1. The second kappa shape index (κ2) is 6.56. The summed E-state index contributed by atoms with van der Waals surface area (Å²) in [6, 6.07) is 7.37. The SMILES string of the molecule is Cc1ccc(F)c(NC(=O)c2ccc(Cn3cc([N+](=O)[O-])cn3)o2)c1. The summed E-state index contributed by atoms with van der Waals surface area (Å²) in [5, 5.41) is 16.9. The molecule has 0 fully saturated rings. The maximum atomic E-state index is 13.7. The molecule has 0 saturated carbocycles. The van der Waals surface area contributed by atoms with Crippen LogP contribution in [0.3, 0.4) is 0 Å². The number of nitrogens with zero attached hydrogens (tertiary/aromatic N) is 3. The number of furan rings is 1. The van der Waals surface area contributed by atoms with Crippen LogP contribution in [0.1, 0.15) is 21.9 Å². The van der Waals surface area contributed by atoms with Crippen LogP contribution in [-0.4, -0.2) is 20.6 Å². The number of carbonyl (C=O) groups is 1. The topological polar surface area (TPSA) is 103 Å². The van der Waals surface area contributed by atoms with Gasteiger partial charge in [0.1, 0.15) is 24.0 Å². The first-order chi connectivity index (χ1) is 11.9. The van der Waals surface area contributed by atoms with E-state index in [9.17, 15) is 19.3 Å². The quantitative estimate of drug-likeness (QED) is 0.566. The monoisotopic (exact) mass is 344 g/mol. The van der Waals surface area contributed by atoms with Gasteiger partial charge in [0.25, 0.3) is 5.91 Å². The average molecular weight is 344 g/mol. The van der Waals surface area contributed by atoms with Crippen molar-refractivity contribution in [1.29, 1.82) is 0 Å². The molecule has 0 radical (unpaired) electrons. The Bertz CT molecular complexity index is 947. The molecular formula is C16H13FN4O4. The molecule has 8 nitrogen and oxygen atoms in total. The fourth-order valence-electron chi connectivity index (χ4n) is 2.20. The zero-order valence-electron chi connectivity index (χ0n) is 13.1. The fraction of sp³-hybridized carbons (Fsp3) is 0.125. The molecule has 0 saturated heterocycles. The lowest BCUT2D eigenvalue weighted by atomic mass is 10.2. The highest BCUT2D eigenvalue weighted by atomic mass is 19.1. The third-order valence-electron chi connectivity index (χ3n) is 3.40. The molecular weight excluding hydrogens is 331 g/mol. The Morgan fingerprint density at radius 3 is 2.92 bits per heavy atom. The van der Waals surface area contributed by atoms with Gasteiger partial charge in [0, 0.05) is 0 Å². The molecule has 1 aromatic carbocycles. The Kier molecular flexibility index (Phi) is 4.29. The van der Waals surface area contributed by atoms with E-state index in [4.69, 9.17) is 4.42 Å². The molecule has 3 aromatic rings. The lowest BCUT2D eigenvalue weighted by molar-refractivity contribution is -0.385. The highest BCUT2D eigenvalue weighted by Gasteiger charge is 2.15. The molecule has 2 aromatic heterocycles. The Balaban J connectivity index is 1.70. The van der Waals surface area contributed by atoms with Crippen LogP contribution in [-0.2, 0) is 6.54 Å². The van der Waals surface area contributed by atoms with Crippen LogP contribution in [0.25, 0.3) is 0 Å². The molecule has 9 heteroatoms. The molecule has 0 bridgehead atoms. The average Bonchev–Trinajstić information content (AvgIpc) is 3.21. The van der Waals surface area contributed by atoms with E-state index in [1.54, 1.807) is 19.1 Å². The summed E-state index contributed by atoms with van der Waals surface area (Å²) >= 11 is 0.